The normalized spacial score (nSPS) is 28.8. The van der Waals surface area contributed by atoms with Gasteiger partial charge in [0.1, 0.15) is 17.6 Å². The predicted octanol–water partition coefficient (Wildman–Crippen LogP) is 2.60. The average Bonchev–Trinajstić information content (AvgIpc) is 3.06. The zero-order valence-electron chi connectivity index (χ0n) is 13.6. The Hall–Kier alpha value is -1.67. The molecule has 2 aliphatic heterocycles. The molecule has 2 saturated heterocycles. The molecule has 0 unspecified atom stereocenters. The van der Waals surface area contributed by atoms with Crippen molar-refractivity contribution in [1.82, 2.24) is 4.57 Å². The molecule has 3 rings (SSSR count). The Kier molecular flexibility index (Phi) is 4.30. The Morgan fingerprint density at radius 1 is 1.36 bits per heavy atom. The first-order chi connectivity index (χ1) is 10.6. The molecule has 0 saturated carbocycles. The van der Waals surface area contributed by atoms with E-state index in [0.29, 0.717) is 17.5 Å². The van der Waals surface area contributed by atoms with E-state index in [1.54, 1.807) is 0 Å². The van der Waals surface area contributed by atoms with Crippen molar-refractivity contribution in [3.63, 3.8) is 0 Å². The highest BCUT2D eigenvalue weighted by Crippen LogP contribution is 2.34. The largest absolute Gasteiger partial charge is 0.396 e. The van der Waals surface area contributed by atoms with E-state index in [1.165, 1.54) is 6.42 Å². The maximum absolute atomic E-state index is 9.45. The number of nitrogens with two attached hydrogens (primary N) is 1. The summed E-state index contributed by atoms with van der Waals surface area (Å²) in [6, 6.07) is 4.11. The monoisotopic (exact) mass is 302 g/mol. The Balaban J connectivity index is 1.91. The van der Waals surface area contributed by atoms with Gasteiger partial charge in [-0.3, -0.25) is 0 Å². The zero-order valence-corrected chi connectivity index (χ0v) is 13.6. The summed E-state index contributed by atoms with van der Waals surface area (Å²) in [5.74, 6) is 2.32. The molecule has 0 bridgehead atoms. The lowest BCUT2D eigenvalue weighted by molar-refractivity contribution is 0.0970. The molecule has 1 aromatic rings. The molecule has 3 atom stereocenters. The summed E-state index contributed by atoms with van der Waals surface area (Å²) in [4.78, 5) is 2.37. The highest BCUT2D eigenvalue weighted by atomic mass is 16.5. The molecule has 5 nitrogen and oxygen atoms in total. The molecule has 0 spiro atoms. The van der Waals surface area contributed by atoms with Gasteiger partial charge in [0, 0.05) is 19.7 Å². The second kappa shape index (κ2) is 6.21. The minimum absolute atomic E-state index is 0.206. The van der Waals surface area contributed by atoms with Crippen LogP contribution in [0.15, 0.2) is 6.07 Å². The van der Waals surface area contributed by atoms with Gasteiger partial charge in [-0.05, 0) is 37.2 Å². The van der Waals surface area contributed by atoms with Crippen LogP contribution in [0, 0.1) is 23.2 Å². The third kappa shape index (κ3) is 2.93. The lowest BCUT2D eigenvalue weighted by atomic mass is 9.92. The summed E-state index contributed by atoms with van der Waals surface area (Å²) in [5.41, 5.74) is 7.62. The highest BCUT2D eigenvalue weighted by Gasteiger charge is 2.28. The van der Waals surface area contributed by atoms with E-state index in [-0.39, 0.29) is 6.10 Å². The smallest absolute Gasteiger partial charge is 0.133 e. The standard InChI is InChI=1S/C17H26N4O/c1-12-6-13(2)10-20(9-12)17-16(19)7-14(8-18)21(17)11-15-4-3-5-22-15/h7,12-13,15H,3-6,9-11,19H2,1-2H3/t12-,13+,15-/m1/s1. The number of anilines is 2. The van der Waals surface area contributed by atoms with E-state index in [9.17, 15) is 5.26 Å². The van der Waals surface area contributed by atoms with Crippen LogP contribution >= 0.6 is 0 Å². The number of ether oxygens (including phenoxy) is 1. The Bertz CT molecular complexity index is 558. The van der Waals surface area contributed by atoms with Crippen LogP contribution in [0.1, 0.15) is 38.8 Å². The molecule has 0 aromatic carbocycles. The van der Waals surface area contributed by atoms with Crippen LogP contribution in [0.3, 0.4) is 0 Å². The SMILES string of the molecule is C[C@@H]1C[C@H](C)CN(c2c(N)cc(C#N)n2C[C@H]2CCCO2)C1. The minimum atomic E-state index is 0.206. The molecule has 2 aliphatic rings. The second-order valence-electron chi connectivity index (χ2n) is 7.02. The molecule has 120 valence electrons. The highest BCUT2D eigenvalue weighted by molar-refractivity contribution is 5.68. The van der Waals surface area contributed by atoms with Crippen molar-refractivity contribution < 1.29 is 4.74 Å². The van der Waals surface area contributed by atoms with Gasteiger partial charge in [-0.25, -0.2) is 0 Å². The van der Waals surface area contributed by atoms with Gasteiger partial charge in [0.25, 0.3) is 0 Å². The van der Waals surface area contributed by atoms with E-state index >= 15 is 0 Å². The number of nitrogens with zero attached hydrogens (tertiary/aromatic N) is 3. The molecular formula is C17H26N4O. The van der Waals surface area contributed by atoms with Crippen molar-refractivity contribution in [2.45, 2.75) is 45.8 Å². The van der Waals surface area contributed by atoms with Crippen molar-refractivity contribution in [3.05, 3.63) is 11.8 Å². The summed E-state index contributed by atoms with van der Waals surface area (Å²) in [7, 11) is 0. The van der Waals surface area contributed by atoms with Crippen LogP contribution in [-0.2, 0) is 11.3 Å². The van der Waals surface area contributed by atoms with Crippen LogP contribution in [0.5, 0.6) is 0 Å². The molecule has 5 heteroatoms. The fraction of sp³-hybridized carbons (Fsp3) is 0.706. The molecule has 0 radical (unpaired) electrons. The van der Waals surface area contributed by atoms with Crippen molar-refractivity contribution in [1.29, 1.82) is 5.26 Å². The van der Waals surface area contributed by atoms with Gasteiger partial charge in [-0.1, -0.05) is 13.8 Å². The van der Waals surface area contributed by atoms with Crippen molar-refractivity contribution in [2.75, 3.05) is 30.3 Å². The lowest BCUT2D eigenvalue weighted by Crippen LogP contribution is -2.40. The van der Waals surface area contributed by atoms with E-state index < -0.39 is 0 Å². The molecule has 2 N–H and O–H groups in total. The molecule has 0 amide bonds. The first-order valence-electron chi connectivity index (χ1n) is 8.34. The van der Waals surface area contributed by atoms with Crippen molar-refractivity contribution in [2.24, 2.45) is 11.8 Å². The Labute approximate surface area is 132 Å². The number of piperidine rings is 1. The maximum Gasteiger partial charge on any atom is 0.133 e. The summed E-state index contributed by atoms with van der Waals surface area (Å²) in [5, 5.41) is 9.45. The number of hydrogen-bond donors (Lipinski definition) is 1. The van der Waals surface area contributed by atoms with Gasteiger partial charge in [-0.15, -0.1) is 0 Å². The van der Waals surface area contributed by atoms with E-state index in [0.717, 1.165) is 50.6 Å². The molecule has 3 heterocycles. The first kappa shape index (κ1) is 15.2. The number of aromatic nitrogens is 1. The fourth-order valence-electron chi connectivity index (χ4n) is 4.02. The van der Waals surface area contributed by atoms with E-state index in [1.807, 2.05) is 6.07 Å². The number of rotatable bonds is 3. The van der Waals surface area contributed by atoms with Gasteiger partial charge < -0.3 is 19.9 Å². The lowest BCUT2D eigenvalue weighted by Gasteiger charge is -2.37. The molecule has 0 aliphatic carbocycles. The van der Waals surface area contributed by atoms with Crippen LogP contribution < -0.4 is 10.6 Å². The molecule has 22 heavy (non-hydrogen) atoms. The van der Waals surface area contributed by atoms with Crippen LogP contribution in [-0.4, -0.2) is 30.4 Å². The quantitative estimate of drug-likeness (QED) is 0.932. The topological polar surface area (TPSA) is 67.2 Å². The van der Waals surface area contributed by atoms with Gasteiger partial charge in [0.05, 0.1) is 18.3 Å². The summed E-state index contributed by atoms with van der Waals surface area (Å²) in [6.07, 6.45) is 3.64. The van der Waals surface area contributed by atoms with Crippen molar-refractivity contribution in [3.8, 4) is 6.07 Å². The Morgan fingerprint density at radius 3 is 2.68 bits per heavy atom. The minimum Gasteiger partial charge on any atom is -0.396 e. The molecule has 1 aromatic heterocycles. The van der Waals surface area contributed by atoms with Gasteiger partial charge in [0.2, 0.25) is 0 Å². The fourth-order valence-corrected chi connectivity index (χ4v) is 4.02. The third-order valence-electron chi connectivity index (χ3n) is 4.79. The third-order valence-corrected chi connectivity index (χ3v) is 4.79. The van der Waals surface area contributed by atoms with Crippen LogP contribution in [0.25, 0.3) is 0 Å². The molecule has 2 fully saturated rings. The van der Waals surface area contributed by atoms with E-state index in [2.05, 4.69) is 29.4 Å². The van der Waals surface area contributed by atoms with Crippen LogP contribution in [0.2, 0.25) is 0 Å². The first-order valence-corrected chi connectivity index (χ1v) is 8.34. The second-order valence-corrected chi connectivity index (χ2v) is 7.02. The number of hydrogen-bond acceptors (Lipinski definition) is 4. The van der Waals surface area contributed by atoms with Gasteiger partial charge >= 0.3 is 0 Å². The predicted molar refractivity (Wildman–Crippen MR) is 87.7 cm³/mol. The summed E-state index contributed by atoms with van der Waals surface area (Å²) >= 11 is 0. The number of nitrogen functional groups attached to an aromatic ring is 1. The van der Waals surface area contributed by atoms with Gasteiger partial charge in [-0.2, -0.15) is 5.26 Å². The van der Waals surface area contributed by atoms with Crippen molar-refractivity contribution >= 4 is 11.5 Å². The number of nitriles is 1. The summed E-state index contributed by atoms with van der Waals surface area (Å²) < 4.78 is 7.84. The Morgan fingerprint density at radius 2 is 2.09 bits per heavy atom. The van der Waals surface area contributed by atoms with Gasteiger partial charge in [0.15, 0.2) is 0 Å². The van der Waals surface area contributed by atoms with E-state index in [4.69, 9.17) is 10.5 Å². The average molecular weight is 302 g/mol. The zero-order chi connectivity index (χ0) is 15.7. The maximum atomic E-state index is 9.45. The molecular weight excluding hydrogens is 276 g/mol. The van der Waals surface area contributed by atoms with Crippen LogP contribution in [0.4, 0.5) is 11.5 Å². The summed E-state index contributed by atoms with van der Waals surface area (Å²) in [6.45, 7) is 8.16.